The smallest absolute Gasteiger partial charge is 0.123 e. The minimum absolute atomic E-state index is 0.232. The largest absolute Gasteiger partial charge is 0.330 e. The number of nitrogens with two attached hydrogens (primary N) is 1. The first-order chi connectivity index (χ1) is 8.61. The van der Waals surface area contributed by atoms with E-state index in [4.69, 9.17) is 17.3 Å². The molecule has 0 saturated heterocycles. The highest BCUT2D eigenvalue weighted by atomic mass is 35.5. The highest BCUT2D eigenvalue weighted by molar-refractivity contribution is 6.31. The van der Waals surface area contributed by atoms with Crippen molar-refractivity contribution in [2.75, 3.05) is 13.6 Å². The Morgan fingerprint density at radius 1 is 1.44 bits per heavy atom. The normalized spacial score (nSPS) is 23.8. The van der Waals surface area contributed by atoms with Gasteiger partial charge in [0.2, 0.25) is 0 Å². The summed E-state index contributed by atoms with van der Waals surface area (Å²) in [5.74, 6) is 0.326. The van der Waals surface area contributed by atoms with Crippen LogP contribution in [-0.2, 0) is 6.54 Å². The molecule has 2 atom stereocenters. The molecule has 1 aliphatic rings. The molecule has 1 aliphatic carbocycles. The lowest BCUT2D eigenvalue weighted by molar-refractivity contribution is 0.192. The molecule has 0 aliphatic heterocycles. The minimum atomic E-state index is -0.232. The topological polar surface area (TPSA) is 29.3 Å². The maximum Gasteiger partial charge on any atom is 0.123 e. The van der Waals surface area contributed by atoms with E-state index >= 15 is 0 Å². The number of hydrogen-bond donors (Lipinski definition) is 1. The van der Waals surface area contributed by atoms with Crippen LogP contribution in [-0.4, -0.2) is 24.5 Å². The summed E-state index contributed by atoms with van der Waals surface area (Å²) in [7, 11) is 2.07. The van der Waals surface area contributed by atoms with Crippen LogP contribution < -0.4 is 5.73 Å². The van der Waals surface area contributed by atoms with Crippen LogP contribution in [0, 0.1) is 11.7 Å². The molecule has 2 rings (SSSR count). The number of rotatable bonds is 4. The van der Waals surface area contributed by atoms with E-state index in [2.05, 4.69) is 11.9 Å². The van der Waals surface area contributed by atoms with Crippen LogP contribution in [0.15, 0.2) is 18.2 Å². The Bertz CT molecular complexity index is 411. The summed E-state index contributed by atoms with van der Waals surface area (Å²) in [6.07, 6.45) is 3.60. The number of benzene rings is 1. The summed E-state index contributed by atoms with van der Waals surface area (Å²) in [4.78, 5) is 2.26. The van der Waals surface area contributed by atoms with Crippen molar-refractivity contribution in [3.63, 3.8) is 0 Å². The zero-order valence-corrected chi connectivity index (χ0v) is 11.5. The Hall–Kier alpha value is -0.640. The van der Waals surface area contributed by atoms with Gasteiger partial charge in [0.1, 0.15) is 5.82 Å². The van der Waals surface area contributed by atoms with E-state index in [0.717, 1.165) is 12.1 Å². The molecule has 0 heterocycles. The van der Waals surface area contributed by atoms with E-state index in [1.807, 2.05) is 0 Å². The van der Waals surface area contributed by atoms with Crippen molar-refractivity contribution in [3.05, 3.63) is 34.6 Å². The second kappa shape index (κ2) is 6.00. The van der Waals surface area contributed by atoms with Gasteiger partial charge in [-0.1, -0.05) is 18.0 Å². The van der Waals surface area contributed by atoms with Crippen LogP contribution in [0.25, 0.3) is 0 Å². The molecule has 1 aromatic carbocycles. The molecule has 2 nitrogen and oxygen atoms in total. The van der Waals surface area contributed by atoms with Crippen LogP contribution in [0.5, 0.6) is 0 Å². The van der Waals surface area contributed by atoms with Crippen molar-refractivity contribution in [1.29, 1.82) is 0 Å². The SMILES string of the molecule is CN(Cc1cc(F)ccc1Cl)C1CCCC1CN. The second-order valence-electron chi connectivity index (χ2n) is 5.14. The Morgan fingerprint density at radius 2 is 2.22 bits per heavy atom. The van der Waals surface area contributed by atoms with Crippen LogP contribution >= 0.6 is 11.6 Å². The predicted octanol–water partition coefficient (Wildman–Crippen LogP) is 3.04. The fourth-order valence-corrected chi connectivity index (χ4v) is 3.10. The lowest BCUT2D eigenvalue weighted by Crippen LogP contribution is -2.37. The third-order valence-corrected chi connectivity index (χ3v) is 4.28. The molecule has 0 radical (unpaired) electrons. The van der Waals surface area contributed by atoms with E-state index in [9.17, 15) is 4.39 Å². The molecule has 1 saturated carbocycles. The van der Waals surface area contributed by atoms with Gasteiger partial charge >= 0.3 is 0 Å². The first kappa shape index (κ1) is 13.8. The standard InChI is InChI=1S/C14H20ClFN2/c1-18(14-4-2-3-10(14)8-17)9-11-7-12(16)5-6-13(11)15/h5-7,10,14H,2-4,8-9,17H2,1H3. The molecular weight excluding hydrogens is 251 g/mol. The van der Waals surface area contributed by atoms with Crippen molar-refractivity contribution in [3.8, 4) is 0 Å². The van der Waals surface area contributed by atoms with Gasteiger partial charge in [0.05, 0.1) is 0 Å². The van der Waals surface area contributed by atoms with Crippen molar-refractivity contribution in [2.45, 2.75) is 31.8 Å². The summed E-state index contributed by atoms with van der Waals surface area (Å²) >= 11 is 6.10. The highest BCUT2D eigenvalue weighted by Gasteiger charge is 2.29. The van der Waals surface area contributed by atoms with Gasteiger partial charge in [0.25, 0.3) is 0 Å². The molecule has 0 amide bonds. The van der Waals surface area contributed by atoms with Crippen molar-refractivity contribution in [2.24, 2.45) is 11.7 Å². The molecule has 100 valence electrons. The predicted molar refractivity (Wildman–Crippen MR) is 73.1 cm³/mol. The number of hydrogen-bond acceptors (Lipinski definition) is 2. The molecular formula is C14H20ClFN2. The van der Waals surface area contributed by atoms with Gasteiger partial charge in [-0.3, -0.25) is 4.90 Å². The van der Waals surface area contributed by atoms with Crippen LogP contribution in [0.3, 0.4) is 0 Å². The maximum atomic E-state index is 13.2. The van der Waals surface area contributed by atoms with Gasteiger partial charge in [-0.05, 0) is 56.1 Å². The van der Waals surface area contributed by atoms with Crippen molar-refractivity contribution >= 4 is 11.6 Å². The van der Waals surface area contributed by atoms with Gasteiger partial charge < -0.3 is 5.73 Å². The first-order valence-corrected chi connectivity index (χ1v) is 6.84. The van der Waals surface area contributed by atoms with Gasteiger partial charge in [-0.2, -0.15) is 0 Å². The summed E-state index contributed by atoms with van der Waals surface area (Å²) < 4.78 is 13.2. The second-order valence-corrected chi connectivity index (χ2v) is 5.55. The molecule has 2 N–H and O–H groups in total. The summed E-state index contributed by atoms with van der Waals surface area (Å²) in [5, 5.41) is 0.630. The summed E-state index contributed by atoms with van der Waals surface area (Å²) in [6, 6.07) is 5.03. The molecule has 0 spiro atoms. The third kappa shape index (κ3) is 3.02. The van der Waals surface area contributed by atoms with Crippen LogP contribution in [0.4, 0.5) is 4.39 Å². The van der Waals surface area contributed by atoms with E-state index in [0.29, 0.717) is 23.5 Å². The molecule has 0 aromatic heterocycles. The molecule has 1 fully saturated rings. The Morgan fingerprint density at radius 3 is 2.94 bits per heavy atom. The Kier molecular flexibility index (Phi) is 4.60. The maximum absolute atomic E-state index is 13.2. The zero-order valence-electron chi connectivity index (χ0n) is 10.7. The fraction of sp³-hybridized carbons (Fsp3) is 0.571. The molecule has 2 unspecified atom stereocenters. The number of nitrogens with zero attached hydrogens (tertiary/aromatic N) is 1. The quantitative estimate of drug-likeness (QED) is 0.911. The molecule has 4 heteroatoms. The summed E-state index contributed by atoms with van der Waals surface area (Å²) in [6.45, 7) is 1.41. The molecule has 18 heavy (non-hydrogen) atoms. The van der Waals surface area contributed by atoms with Gasteiger partial charge in [-0.25, -0.2) is 4.39 Å². The van der Waals surface area contributed by atoms with Crippen LogP contribution in [0.2, 0.25) is 5.02 Å². The van der Waals surface area contributed by atoms with Crippen molar-refractivity contribution in [1.82, 2.24) is 4.90 Å². The third-order valence-electron chi connectivity index (χ3n) is 3.92. The minimum Gasteiger partial charge on any atom is -0.330 e. The number of halogens is 2. The zero-order chi connectivity index (χ0) is 13.1. The van der Waals surface area contributed by atoms with Gasteiger partial charge in [-0.15, -0.1) is 0 Å². The first-order valence-electron chi connectivity index (χ1n) is 6.46. The summed E-state index contributed by atoms with van der Waals surface area (Å²) in [5.41, 5.74) is 6.65. The average Bonchev–Trinajstić information content (AvgIpc) is 2.82. The van der Waals surface area contributed by atoms with Crippen molar-refractivity contribution < 1.29 is 4.39 Å². The van der Waals surface area contributed by atoms with E-state index in [-0.39, 0.29) is 5.82 Å². The van der Waals surface area contributed by atoms with Crippen LogP contribution in [0.1, 0.15) is 24.8 Å². The van der Waals surface area contributed by atoms with E-state index in [1.54, 1.807) is 6.07 Å². The molecule has 0 bridgehead atoms. The highest BCUT2D eigenvalue weighted by Crippen LogP contribution is 2.30. The lowest BCUT2D eigenvalue weighted by atomic mass is 10.0. The lowest BCUT2D eigenvalue weighted by Gasteiger charge is -2.29. The Balaban J connectivity index is 2.06. The van der Waals surface area contributed by atoms with E-state index < -0.39 is 0 Å². The average molecular weight is 271 g/mol. The van der Waals surface area contributed by atoms with Gasteiger partial charge in [0.15, 0.2) is 0 Å². The Labute approximate surface area is 113 Å². The van der Waals surface area contributed by atoms with E-state index in [1.165, 1.54) is 31.4 Å². The fourth-order valence-electron chi connectivity index (χ4n) is 2.92. The van der Waals surface area contributed by atoms with Gasteiger partial charge in [0, 0.05) is 17.6 Å². The molecule has 1 aromatic rings. The monoisotopic (exact) mass is 270 g/mol.